The smallest absolute Gasteiger partial charge is 0.244 e. The summed E-state index contributed by atoms with van der Waals surface area (Å²) in [6, 6.07) is 16.6. The summed E-state index contributed by atoms with van der Waals surface area (Å²) in [5.74, 6) is -0.485. The van der Waals surface area contributed by atoms with E-state index in [0.717, 1.165) is 10.0 Å². The van der Waals surface area contributed by atoms with E-state index in [-0.39, 0.29) is 11.7 Å². The van der Waals surface area contributed by atoms with Gasteiger partial charge in [-0.05, 0) is 35.9 Å². The number of allylic oxidation sites excluding steroid dienone is 1. The van der Waals surface area contributed by atoms with Gasteiger partial charge in [-0.2, -0.15) is 0 Å². The number of carbonyl (C=O) groups excluding carboxylic acids is 2. The third kappa shape index (κ3) is 5.00. The predicted octanol–water partition coefficient (Wildman–Crippen LogP) is 3.50. The molecule has 0 unspecified atom stereocenters. The summed E-state index contributed by atoms with van der Waals surface area (Å²) in [4.78, 5) is 23.5. The van der Waals surface area contributed by atoms with Crippen LogP contribution >= 0.6 is 15.9 Å². The van der Waals surface area contributed by atoms with E-state index in [9.17, 15) is 9.59 Å². The molecule has 0 aromatic heterocycles. The normalized spacial score (nSPS) is 10.5. The molecule has 0 atom stereocenters. The van der Waals surface area contributed by atoms with Crippen molar-refractivity contribution in [3.63, 3.8) is 0 Å². The van der Waals surface area contributed by atoms with Crippen LogP contribution in [0.25, 0.3) is 0 Å². The highest BCUT2D eigenvalue weighted by atomic mass is 79.9. The molecule has 21 heavy (non-hydrogen) atoms. The molecule has 1 amide bonds. The third-order valence-electron chi connectivity index (χ3n) is 2.82. The second-order valence-electron chi connectivity index (χ2n) is 4.41. The van der Waals surface area contributed by atoms with Gasteiger partial charge in [0.25, 0.3) is 0 Å². The van der Waals surface area contributed by atoms with E-state index >= 15 is 0 Å². The zero-order valence-electron chi connectivity index (χ0n) is 11.3. The van der Waals surface area contributed by atoms with Crippen molar-refractivity contribution < 1.29 is 9.59 Å². The summed E-state index contributed by atoms with van der Waals surface area (Å²) in [6.07, 6.45) is 2.54. The monoisotopic (exact) mass is 343 g/mol. The van der Waals surface area contributed by atoms with E-state index in [0.29, 0.717) is 12.1 Å². The number of hydrogen-bond donors (Lipinski definition) is 1. The molecule has 0 aliphatic rings. The van der Waals surface area contributed by atoms with Crippen LogP contribution in [0.1, 0.15) is 15.9 Å². The van der Waals surface area contributed by atoms with Crippen LogP contribution in [0.15, 0.2) is 71.2 Å². The van der Waals surface area contributed by atoms with Crippen LogP contribution in [-0.2, 0) is 11.3 Å². The molecule has 0 spiro atoms. The molecule has 2 aromatic carbocycles. The maximum Gasteiger partial charge on any atom is 0.244 e. The first-order valence-electron chi connectivity index (χ1n) is 6.45. The van der Waals surface area contributed by atoms with Crippen molar-refractivity contribution >= 4 is 27.6 Å². The topological polar surface area (TPSA) is 46.2 Å². The number of rotatable bonds is 5. The van der Waals surface area contributed by atoms with Crippen molar-refractivity contribution in [3.8, 4) is 0 Å². The summed E-state index contributed by atoms with van der Waals surface area (Å²) in [5.41, 5.74) is 1.56. The Labute approximate surface area is 131 Å². The van der Waals surface area contributed by atoms with Gasteiger partial charge in [-0.3, -0.25) is 9.59 Å². The first-order chi connectivity index (χ1) is 10.1. The Morgan fingerprint density at radius 1 is 0.952 bits per heavy atom. The van der Waals surface area contributed by atoms with Crippen molar-refractivity contribution in [3.05, 3.63) is 82.3 Å². The molecule has 0 aliphatic carbocycles. The molecular weight excluding hydrogens is 330 g/mol. The zero-order valence-corrected chi connectivity index (χ0v) is 12.8. The lowest BCUT2D eigenvalue weighted by Crippen LogP contribution is -2.20. The van der Waals surface area contributed by atoms with Crippen LogP contribution in [0, 0.1) is 0 Å². The Bertz CT molecular complexity index is 648. The van der Waals surface area contributed by atoms with E-state index in [1.54, 1.807) is 24.3 Å². The van der Waals surface area contributed by atoms with Crippen LogP contribution in [0.5, 0.6) is 0 Å². The number of halogens is 1. The minimum absolute atomic E-state index is 0.197. The molecule has 4 heteroatoms. The van der Waals surface area contributed by atoms with Gasteiger partial charge in [0, 0.05) is 22.7 Å². The average molecular weight is 344 g/mol. The summed E-state index contributed by atoms with van der Waals surface area (Å²) >= 11 is 3.31. The molecule has 2 aromatic rings. The van der Waals surface area contributed by atoms with Crippen LogP contribution in [0.3, 0.4) is 0 Å². The molecule has 0 heterocycles. The molecule has 0 fully saturated rings. The van der Waals surface area contributed by atoms with Gasteiger partial charge in [-0.1, -0.05) is 46.3 Å². The van der Waals surface area contributed by atoms with E-state index in [2.05, 4.69) is 21.2 Å². The van der Waals surface area contributed by atoms with Crippen LogP contribution < -0.4 is 5.32 Å². The molecule has 2 rings (SSSR count). The lowest BCUT2D eigenvalue weighted by atomic mass is 10.1. The predicted molar refractivity (Wildman–Crippen MR) is 85.9 cm³/mol. The Hall–Kier alpha value is -2.20. The van der Waals surface area contributed by atoms with Crippen LogP contribution in [0.2, 0.25) is 0 Å². The van der Waals surface area contributed by atoms with E-state index in [1.165, 1.54) is 12.2 Å². The number of benzene rings is 2. The standard InChI is InChI=1S/C17H14BrNO2/c18-15-8-6-14(7-9-15)16(20)10-11-17(21)19-12-13-4-2-1-3-5-13/h1-11H,12H2,(H,19,21)/b11-10+. The fourth-order valence-corrected chi connectivity index (χ4v) is 1.97. The third-order valence-corrected chi connectivity index (χ3v) is 3.35. The highest BCUT2D eigenvalue weighted by Gasteiger charge is 2.02. The summed E-state index contributed by atoms with van der Waals surface area (Å²) in [6.45, 7) is 0.441. The fourth-order valence-electron chi connectivity index (χ4n) is 1.71. The van der Waals surface area contributed by atoms with Gasteiger partial charge in [-0.25, -0.2) is 0 Å². The minimum Gasteiger partial charge on any atom is -0.348 e. The van der Waals surface area contributed by atoms with Crippen molar-refractivity contribution in [2.45, 2.75) is 6.54 Å². The van der Waals surface area contributed by atoms with Crippen molar-refractivity contribution in [2.75, 3.05) is 0 Å². The second-order valence-corrected chi connectivity index (χ2v) is 5.32. The molecule has 0 saturated carbocycles. The van der Waals surface area contributed by atoms with Crippen molar-refractivity contribution in [2.24, 2.45) is 0 Å². The SMILES string of the molecule is O=C(/C=C/C(=O)c1ccc(Br)cc1)NCc1ccccc1. The quantitative estimate of drug-likeness (QED) is 0.667. The molecule has 106 valence electrons. The number of ketones is 1. The summed E-state index contributed by atoms with van der Waals surface area (Å²) in [5, 5.41) is 2.73. The van der Waals surface area contributed by atoms with Gasteiger partial charge in [0.05, 0.1) is 0 Å². The lowest BCUT2D eigenvalue weighted by molar-refractivity contribution is -0.116. The zero-order chi connectivity index (χ0) is 15.1. The van der Waals surface area contributed by atoms with Crippen molar-refractivity contribution in [1.29, 1.82) is 0 Å². The second kappa shape index (κ2) is 7.55. The molecule has 1 N–H and O–H groups in total. The first kappa shape index (κ1) is 15.2. The number of amides is 1. The van der Waals surface area contributed by atoms with Crippen LogP contribution in [-0.4, -0.2) is 11.7 Å². The highest BCUT2D eigenvalue weighted by molar-refractivity contribution is 9.10. The maximum atomic E-state index is 11.9. The maximum absolute atomic E-state index is 11.9. The largest absolute Gasteiger partial charge is 0.348 e. The van der Waals surface area contributed by atoms with Crippen molar-refractivity contribution in [1.82, 2.24) is 5.32 Å². The number of carbonyl (C=O) groups is 2. The molecule has 0 aliphatic heterocycles. The first-order valence-corrected chi connectivity index (χ1v) is 7.24. The highest BCUT2D eigenvalue weighted by Crippen LogP contribution is 2.11. The van der Waals surface area contributed by atoms with E-state index in [4.69, 9.17) is 0 Å². The van der Waals surface area contributed by atoms with Crippen LogP contribution in [0.4, 0.5) is 0 Å². The molecule has 0 bridgehead atoms. The lowest BCUT2D eigenvalue weighted by Gasteiger charge is -2.01. The Morgan fingerprint density at radius 3 is 2.29 bits per heavy atom. The van der Waals surface area contributed by atoms with Gasteiger partial charge < -0.3 is 5.32 Å². The number of nitrogens with one attached hydrogen (secondary N) is 1. The molecule has 3 nitrogen and oxygen atoms in total. The Morgan fingerprint density at radius 2 is 1.62 bits per heavy atom. The Balaban J connectivity index is 1.87. The van der Waals surface area contributed by atoms with Gasteiger partial charge in [0.15, 0.2) is 5.78 Å². The van der Waals surface area contributed by atoms with E-state index < -0.39 is 0 Å². The molecular formula is C17H14BrNO2. The number of hydrogen-bond acceptors (Lipinski definition) is 2. The van der Waals surface area contributed by atoms with Gasteiger partial charge >= 0.3 is 0 Å². The van der Waals surface area contributed by atoms with Gasteiger partial charge in [0.1, 0.15) is 0 Å². The average Bonchev–Trinajstić information content (AvgIpc) is 2.52. The van der Waals surface area contributed by atoms with Gasteiger partial charge in [-0.15, -0.1) is 0 Å². The fraction of sp³-hybridized carbons (Fsp3) is 0.0588. The van der Waals surface area contributed by atoms with E-state index in [1.807, 2.05) is 30.3 Å². The summed E-state index contributed by atoms with van der Waals surface area (Å²) < 4.78 is 0.906. The minimum atomic E-state index is -0.288. The Kier molecular flexibility index (Phi) is 5.46. The molecule has 0 saturated heterocycles. The summed E-state index contributed by atoms with van der Waals surface area (Å²) in [7, 11) is 0. The molecule has 0 radical (unpaired) electrons. The van der Waals surface area contributed by atoms with Gasteiger partial charge in [0.2, 0.25) is 5.91 Å².